The van der Waals surface area contributed by atoms with Crippen LogP contribution in [0.5, 0.6) is 0 Å². The normalized spacial score (nSPS) is 20.1. The number of nitrogens with zero attached hydrogens (tertiary/aromatic N) is 2. The molecule has 2 fully saturated rings. The monoisotopic (exact) mass is 407 g/mol. The van der Waals surface area contributed by atoms with Crippen molar-refractivity contribution in [1.29, 1.82) is 0 Å². The Balaban J connectivity index is 1.72. The molecule has 0 unspecified atom stereocenters. The van der Waals surface area contributed by atoms with E-state index < -0.39 is 10.0 Å². The minimum absolute atomic E-state index is 0.109. The van der Waals surface area contributed by atoms with Crippen molar-refractivity contribution in [3.05, 3.63) is 29.8 Å². The van der Waals surface area contributed by atoms with Gasteiger partial charge in [0.1, 0.15) is 0 Å². The van der Waals surface area contributed by atoms with Crippen LogP contribution in [0.4, 0.5) is 0 Å². The van der Waals surface area contributed by atoms with Crippen molar-refractivity contribution in [2.45, 2.75) is 69.2 Å². The van der Waals surface area contributed by atoms with Crippen LogP contribution in [0.1, 0.15) is 63.9 Å². The fraction of sp³-hybridized carbons (Fsp3) is 0.727. The molecule has 5 nitrogen and oxygen atoms in total. The highest BCUT2D eigenvalue weighted by atomic mass is 32.2. The van der Waals surface area contributed by atoms with Gasteiger partial charge in [0.25, 0.3) is 0 Å². The number of piperidine rings is 2. The zero-order chi connectivity index (χ0) is 20.0. The maximum Gasteiger partial charge on any atom is 0.243 e. The second-order valence-corrected chi connectivity index (χ2v) is 10.5. The minimum atomic E-state index is -3.46. The van der Waals surface area contributed by atoms with E-state index in [1.165, 1.54) is 24.8 Å². The van der Waals surface area contributed by atoms with Gasteiger partial charge in [0.15, 0.2) is 0 Å². The van der Waals surface area contributed by atoms with Crippen LogP contribution in [0.2, 0.25) is 0 Å². The van der Waals surface area contributed by atoms with Crippen molar-refractivity contribution in [1.82, 2.24) is 14.5 Å². The van der Waals surface area contributed by atoms with E-state index in [1.807, 2.05) is 16.4 Å². The predicted molar refractivity (Wildman–Crippen MR) is 115 cm³/mol. The summed E-state index contributed by atoms with van der Waals surface area (Å²) in [6.45, 7) is 10.0. The lowest BCUT2D eigenvalue weighted by molar-refractivity contribution is 0.205. The summed E-state index contributed by atoms with van der Waals surface area (Å²) in [6.07, 6.45) is 6.59. The Bertz CT molecular complexity index is 691. The van der Waals surface area contributed by atoms with E-state index in [0.717, 1.165) is 52.0 Å². The van der Waals surface area contributed by atoms with Crippen LogP contribution in [0.25, 0.3) is 0 Å². The molecule has 1 N–H and O–H groups in total. The number of nitrogens with one attached hydrogen (secondary N) is 1. The van der Waals surface area contributed by atoms with E-state index in [2.05, 4.69) is 24.1 Å². The Morgan fingerprint density at radius 3 is 2.32 bits per heavy atom. The number of hydrogen-bond acceptors (Lipinski definition) is 4. The molecule has 6 heteroatoms. The first kappa shape index (κ1) is 21.8. The Kier molecular flexibility index (Phi) is 7.92. The van der Waals surface area contributed by atoms with Gasteiger partial charge in [0.05, 0.1) is 4.90 Å². The highest BCUT2D eigenvalue weighted by Gasteiger charge is 2.32. The standard InChI is InChI=1S/C22H37N3O2S/c1-19(2)20-7-9-22(10-8-20)28(26,27)25(21-11-13-23-14-12-21)18-6-17-24-15-4-3-5-16-24/h7-10,19,21,23H,3-6,11-18H2,1-2H3. The van der Waals surface area contributed by atoms with Crippen LogP contribution in [0.3, 0.4) is 0 Å². The van der Waals surface area contributed by atoms with E-state index in [4.69, 9.17) is 0 Å². The molecule has 2 aliphatic rings. The maximum absolute atomic E-state index is 13.5. The quantitative estimate of drug-likeness (QED) is 0.717. The lowest BCUT2D eigenvalue weighted by atomic mass is 10.0. The number of rotatable bonds is 8. The van der Waals surface area contributed by atoms with E-state index >= 15 is 0 Å². The average Bonchev–Trinajstić information content (AvgIpc) is 2.72. The first-order valence-electron chi connectivity index (χ1n) is 11.0. The largest absolute Gasteiger partial charge is 0.317 e. The average molecular weight is 408 g/mol. The summed E-state index contributed by atoms with van der Waals surface area (Å²) in [5.41, 5.74) is 1.18. The Hall–Kier alpha value is -0.950. The summed E-state index contributed by atoms with van der Waals surface area (Å²) in [5, 5.41) is 3.36. The van der Waals surface area contributed by atoms with Crippen molar-refractivity contribution in [2.24, 2.45) is 0 Å². The molecule has 0 spiro atoms. The minimum Gasteiger partial charge on any atom is -0.317 e. The van der Waals surface area contributed by atoms with Crippen LogP contribution in [-0.2, 0) is 10.0 Å². The lowest BCUT2D eigenvalue weighted by Crippen LogP contribution is -2.47. The van der Waals surface area contributed by atoms with Gasteiger partial charge in [-0.05, 0) is 88.4 Å². The molecule has 0 bridgehead atoms. The molecule has 3 rings (SSSR count). The first-order chi connectivity index (χ1) is 13.5. The number of likely N-dealkylation sites (tertiary alicyclic amines) is 1. The van der Waals surface area contributed by atoms with Gasteiger partial charge in [-0.15, -0.1) is 0 Å². The van der Waals surface area contributed by atoms with Crippen LogP contribution >= 0.6 is 0 Å². The number of sulfonamides is 1. The second kappa shape index (κ2) is 10.2. The fourth-order valence-corrected chi connectivity index (χ4v) is 6.11. The molecule has 0 radical (unpaired) electrons. The van der Waals surface area contributed by atoms with Gasteiger partial charge in [0.2, 0.25) is 10.0 Å². The summed E-state index contributed by atoms with van der Waals surface area (Å²) in [7, 11) is -3.46. The van der Waals surface area contributed by atoms with Gasteiger partial charge in [-0.3, -0.25) is 0 Å². The van der Waals surface area contributed by atoms with Crippen molar-refractivity contribution in [3.8, 4) is 0 Å². The number of hydrogen-bond donors (Lipinski definition) is 1. The van der Waals surface area contributed by atoms with Crippen LogP contribution < -0.4 is 5.32 Å². The van der Waals surface area contributed by atoms with E-state index in [0.29, 0.717) is 17.4 Å². The van der Waals surface area contributed by atoms with E-state index in [1.54, 1.807) is 12.1 Å². The Morgan fingerprint density at radius 2 is 1.71 bits per heavy atom. The summed E-state index contributed by atoms with van der Waals surface area (Å²) < 4.78 is 28.8. The highest BCUT2D eigenvalue weighted by Crippen LogP contribution is 2.25. The number of benzene rings is 1. The summed E-state index contributed by atoms with van der Waals surface area (Å²) >= 11 is 0. The van der Waals surface area contributed by atoms with Crippen molar-refractivity contribution in [3.63, 3.8) is 0 Å². The second-order valence-electron chi connectivity index (χ2n) is 8.58. The molecule has 158 valence electrons. The lowest BCUT2D eigenvalue weighted by Gasteiger charge is -2.34. The zero-order valence-corrected chi connectivity index (χ0v) is 18.4. The molecule has 1 aromatic rings. The Labute approximate surface area is 171 Å². The first-order valence-corrected chi connectivity index (χ1v) is 12.5. The topological polar surface area (TPSA) is 52.7 Å². The molecule has 28 heavy (non-hydrogen) atoms. The molecule has 2 aliphatic heterocycles. The molecule has 2 saturated heterocycles. The molecule has 0 aliphatic carbocycles. The predicted octanol–water partition coefficient (Wildman–Crippen LogP) is 3.43. The SMILES string of the molecule is CC(C)c1ccc(S(=O)(=O)N(CCCN2CCCCC2)C2CCNCC2)cc1. The van der Waals surface area contributed by atoms with Gasteiger partial charge in [-0.2, -0.15) is 4.31 Å². The molecule has 0 aromatic heterocycles. The highest BCUT2D eigenvalue weighted by molar-refractivity contribution is 7.89. The fourth-order valence-electron chi connectivity index (χ4n) is 4.39. The molecule has 1 aromatic carbocycles. The summed E-state index contributed by atoms with van der Waals surface area (Å²) in [6, 6.07) is 7.63. The molecular weight excluding hydrogens is 370 g/mol. The summed E-state index contributed by atoms with van der Waals surface area (Å²) in [5.74, 6) is 0.404. The van der Waals surface area contributed by atoms with E-state index in [-0.39, 0.29) is 6.04 Å². The van der Waals surface area contributed by atoms with Gasteiger partial charge >= 0.3 is 0 Å². The van der Waals surface area contributed by atoms with Crippen LogP contribution in [0, 0.1) is 0 Å². The van der Waals surface area contributed by atoms with Crippen LogP contribution in [0.15, 0.2) is 29.2 Å². The van der Waals surface area contributed by atoms with Gasteiger partial charge in [-0.25, -0.2) is 8.42 Å². The maximum atomic E-state index is 13.5. The third-order valence-electron chi connectivity index (χ3n) is 6.17. The summed E-state index contributed by atoms with van der Waals surface area (Å²) in [4.78, 5) is 2.93. The molecule has 0 atom stereocenters. The molecule has 2 heterocycles. The van der Waals surface area contributed by atoms with Crippen molar-refractivity contribution < 1.29 is 8.42 Å². The van der Waals surface area contributed by atoms with Gasteiger partial charge in [-0.1, -0.05) is 32.4 Å². The Morgan fingerprint density at radius 1 is 1.07 bits per heavy atom. The van der Waals surface area contributed by atoms with Crippen molar-refractivity contribution >= 4 is 10.0 Å². The molecule has 0 saturated carbocycles. The third kappa shape index (κ3) is 5.56. The van der Waals surface area contributed by atoms with Gasteiger partial charge in [0, 0.05) is 12.6 Å². The van der Waals surface area contributed by atoms with Crippen LogP contribution in [-0.4, -0.2) is 62.9 Å². The third-order valence-corrected chi connectivity index (χ3v) is 8.14. The van der Waals surface area contributed by atoms with E-state index in [9.17, 15) is 8.42 Å². The van der Waals surface area contributed by atoms with Gasteiger partial charge < -0.3 is 10.2 Å². The van der Waals surface area contributed by atoms with Crippen molar-refractivity contribution in [2.75, 3.05) is 39.3 Å². The molecular formula is C22H37N3O2S. The molecule has 0 amide bonds. The smallest absolute Gasteiger partial charge is 0.243 e. The zero-order valence-electron chi connectivity index (χ0n) is 17.6.